The lowest BCUT2D eigenvalue weighted by Crippen LogP contribution is -2.52. The van der Waals surface area contributed by atoms with E-state index in [4.69, 9.17) is 0 Å². The molecule has 1 saturated heterocycles. The van der Waals surface area contributed by atoms with Crippen molar-refractivity contribution in [1.29, 1.82) is 0 Å². The van der Waals surface area contributed by atoms with Crippen LogP contribution in [0.15, 0.2) is 22.9 Å². The quantitative estimate of drug-likeness (QED) is 0.672. The molecule has 0 bridgehead atoms. The molecule has 2 aromatic rings. The second-order valence-electron chi connectivity index (χ2n) is 5.81. The summed E-state index contributed by atoms with van der Waals surface area (Å²) >= 11 is 2.72. The summed E-state index contributed by atoms with van der Waals surface area (Å²) < 4.78 is 0. The van der Waals surface area contributed by atoms with Crippen molar-refractivity contribution < 1.29 is 9.59 Å². The molecule has 0 spiro atoms. The van der Waals surface area contributed by atoms with Gasteiger partial charge in [0, 0.05) is 17.5 Å². The molecule has 0 aliphatic carbocycles. The zero-order valence-corrected chi connectivity index (χ0v) is 17.5. The van der Waals surface area contributed by atoms with Crippen molar-refractivity contribution in [2.24, 2.45) is 0 Å². The minimum atomic E-state index is -0.169. The largest absolute Gasteiger partial charge is 0.351 e. The molecule has 2 amide bonds. The average molecular weight is 437 g/mol. The summed E-state index contributed by atoms with van der Waals surface area (Å²) in [4.78, 5) is 29.1. The van der Waals surface area contributed by atoms with Gasteiger partial charge in [-0.2, -0.15) is 0 Å². The Kier molecular flexibility index (Phi) is 9.52. The predicted octanol–water partition coefficient (Wildman–Crippen LogP) is 3.10. The number of hydrogen-bond donors (Lipinski definition) is 3. The Morgan fingerprint density at radius 2 is 2.15 bits per heavy atom. The van der Waals surface area contributed by atoms with Crippen molar-refractivity contribution in [2.75, 3.05) is 11.9 Å². The van der Waals surface area contributed by atoms with Gasteiger partial charge in [0.25, 0.3) is 5.91 Å². The first-order chi connectivity index (χ1) is 11.6. The second kappa shape index (κ2) is 10.8. The third-order valence-corrected chi connectivity index (χ3v) is 5.64. The Bertz CT molecular complexity index is 709. The SMILES string of the molecule is CC1NCCCC1NC(=O)Cc1csc(NC(=O)c2cccs2)n1.Cl.Cl. The fraction of sp³-hybridized carbons (Fsp3) is 0.438. The van der Waals surface area contributed by atoms with E-state index < -0.39 is 0 Å². The van der Waals surface area contributed by atoms with Gasteiger partial charge < -0.3 is 10.6 Å². The number of halogens is 2. The summed E-state index contributed by atoms with van der Waals surface area (Å²) in [6.07, 6.45) is 2.30. The van der Waals surface area contributed by atoms with Crippen molar-refractivity contribution >= 4 is 64.4 Å². The molecule has 0 radical (unpaired) electrons. The summed E-state index contributed by atoms with van der Waals surface area (Å²) in [6.45, 7) is 3.10. The van der Waals surface area contributed by atoms with Crippen LogP contribution in [0.4, 0.5) is 5.13 Å². The van der Waals surface area contributed by atoms with Crippen molar-refractivity contribution in [3.8, 4) is 0 Å². The van der Waals surface area contributed by atoms with Crippen molar-refractivity contribution in [3.63, 3.8) is 0 Å². The van der Waals surface area contributed by atoms with Crippen molar-refractivity contribution in [1.82, 2.24) is 15.6 Å². The Morgan fingerprint density at radius 3 is 2.85 bits per heavy atom. The highest BCUT2D eigenvalue weighted by molar-refractivity contribution is 7.14. The van der Waals surface area contributed by atoms with Crippen LogP contribution in [0.25, 0.3) is 0 Å². The third-order valence-electron chi connectivity index (χ3n) is 3.97. The van der Waals surface area contributed by atoms with Crippen LogP contribution < -0.4 is 16.0 Å². The van der Waals surface area contributed by atoms with E-state index in [1.54, 1.807) is 6.07 Å². The lowest BCUT2D eigenvalue weighted by Gasteiger charge is -2.30. The number of rotatable bonds is 5. The molecule has 1 aliphatic rings. The Hall–Kier alpha value is -1.19. The molecule has 2 atom stereocenters. The van der Waals surface area contributed by atoms with Gasteiger partial charge in [0.15, 0.2) is 5.13 Å². The van der Waals surface area contributed by atoms with Gasteiger partial charge in [-0.05, 0) is 37.8 Å². The normalized spacial score (nSPS) is 19.0. The highest BCUT2D eigenvalue weighted by Crippen LogP contribution is 2.18. The molecule has 0 saturated carbocycles. The Morgan fingerprint density at radius 1 is 1.35 bits per heavy atom. The van der Waals surface area contributed by atoms with Gasteiger partial charge in [0.05, 0.1) is 17.0 Å². The van der Waals surface area contributed by atoms with Crippen LogP contribution in [-0.4, -0.2) is 35.4 Å². The number of thiophene rings is 1. The topological polar surface area (TPSA) is 83.1 Å². The Balaban J connectivity index is 0.00000169. The maximum atomic E-state index is 12.2. The number of aromatic nitrogens is 1. The average Bonchev–Trinajstić information content (AvgIpc) is 3.21. The van der Waals surface area contributed by atoms with Crippen LogP contribution in [0.3, 0.4) is 0 Å². The number of anilines is 1. The zero-order chi connectivity index (χ0) is 16.9. The molecule has 1 fully saturated rings. The van der Waals surface area contributed by atoms with E-state index in [-0.39, 0.29) is 49.1 Å². The van der Waals surface area contributed by atoms with Crippen molar-refractivity contribution in [3.05, 3.63) is 33.5 Å². The third kappa shape index (κ3) is 6.21. The summed E-state index contributed by atoms with van der Waals surface area (Å²) in [5.41, 5.74) is 0.676. The first kappa shape index (κ1) is 22.9. The lowest BCUT2D eigenvalue weighted by atomic mass is 10.00. The number of piperidine rings is 1. The molecular weight excluding hydrogens is 415 g/mol. The van der Waals surface area contributed by atoms with Gasteiger partial charge in [-0.25, -0.2) is 4.98 Å². The molecular formula is C16H22Cl2N4O2S2. The maximum Gasteiger partial charge on any atom is 0.267 e. The van der Waals surface area contributed by atoms with Gasteiger partial charge in [-0.3, -0.25) is 14.9 Å². The van der Waals surface area contributed by atoms with Crippen LogP contribution in [0.2, 0.25) is 0 Å². The molecule has 3 N–H and O–H groups in total. The van der Waals surface area contributed by atoms with Gasteiger partial charge in [0.1, 0.15) is 0 Å². The number of thiazole rings is 1. The molecule has 0 aromatic carbocycles. The summed E-state index contributed by atoms with van der Waals surface area (Å²) in [6, 6.07) is 4.06. The number of hydrogen-bond acceptors (Lipinski definition) is 6. The molecule has 6 nitrogen and oxygen atoms in total. The Labute approximate surface area is 173 Å². The number of nitrogens with zero attached hydrogens (tertiary/aromatic N) is 1. The molecule has 26 heavy (non-hydrogen) atoms. The van der Waals surface area contributed by atoms with Crippen molar-refractivity contribution in [2.45, 2.75) is 38.3 Å². The second-order valence-corrected chi connectivity index (χ2v) is 7.62. The summed E-state index contributed by atoms with van der Waals surface area (Å²) in [5, 5.41) is 13.4. The zero-order valence-electron chi connectivity index (χ0n) is 14.2. The maximum absolute atomic E-state index is 12.2. The van der Waals surface area contributed by atoms with E-state index in [9.17, 15) is 9.59 Å². The van der Waals surface area contributed by atoms with E-state index in [2.05, 4.69) is 27.9 Å². The van der Waals surface area contributed by atoms with Crippen LogP contribution >= 0.6 is 47.5 Å². The van der Waals surface area contributed by atoms with Gasteiger partial charge in [-0.1, -0.05) is 6.07 Å². The summed E-state index contributed by atoms with van der Waals surface area (Å²) in [5.74, 6) is -0.200. The molecule has 2 unspecified atom stereocenters. The highest BCUT2D eigenvalue weighted by Gasteiger charge is 2.22. The lowest BCUT2D eigenvalue weighted by molar-refractivity contribution is -0.121. The monoisotopic (exact) mass is 436 g/mol. The van der Waals surface area contributed by atoms with E-state index in [0.717, 1.165) is 19.4 Å². The van der Waals surface area contributed by atoms with E-state index in [0.29, 0.717) is 21.7 Å². The smallest absolute Gasteiger partial charge is 0.267 e. The van der Waals surface area contributed by atoms with E-state index in [1.165, 1.54) is 22.7 Å². The van der Waals surface area contributed by atoms with Gasteiger partial charge in [-0.15, -0.1) is 47.5 Å². The van der Waals surface area contributed by atoms with Crippen LogP contribution in [0, 0.1) is 0 Å². The highest BCUT2D eigenvalue weighted by atomic mass is 35.5. The van der Waals surface area contributed by atoms with Crippen LogP contribution in [0.1, 0.15) is 35.1 Å². The number of carbonyl (C=O) groups is 2. The number of amides is 2. The molecule has 3 heterocycles. The molecule has 3 rings (SSSR count). The van der Waals surface area contributed by atoms with Crippen LogP contribution in [0.5, 0.6) is 0 Å². The predicted molar refractivity (Wildman–Crippen MR) is 111 cm³/mol. The minimum Gasteiger partial charge on any atom is -0.351 e. The first-order valence-electron chi connectivity index (χ1n) is 7.94. The summed E-state index contributed by atoms with van der Waals surface area (Å²) in [7, 11) is 0. The van der Waals surface area contributed by atoms with Gasteiger partial charge in [0.2, 0.25) is 5.91 Å². The first-order valence-corrected chi connectivity index (χ1v) is 9.70. The molecule has 144 valence electrons. The van der Waals surface area contributed by atoms with Crippen LogP contribution in [-0.2, 0) is 11.2 Å². The van der Waals surface area contributed by atoms with E-state index in [1.807, 2.05) is 16.8 Å². The van der Waals surface area contributed by atoms with E-state index >= 15 is 0 Å². The fourth-order valence-corrected chi connectivity index (χ4v) is 4.00. The molecule has 10 heteroatoms. The fourth-order valence-electron chi connectivity index (χ4n) is 2.68. The number of nitrogens with one attached hydrogen (secondary N) is 3. The molecule has 1 aliphatic heterocycles. The number of carbonyl (C=O) groups excluding carboxylic acids is 2. The van der Waals surface area contributed by atoms with Gasteiger partial charge >= 0.3 is 0 Å². The standard InChI is InChI=1S/C16H20N4O2S2.2ClH/c1-10-12(4-2-6-17-10)19-14(21)8-11-9-24-16(18-11)20-15(22)13-5-3-7-23-13;;/h3,5,7,9-10,12,17H,2,4,6,8H2,1H3,(H,19,21)(H,18,20,22);2*1H. The minimum absolute atomic E-state index is 0. The molecule has 2 aromatic heterocycles.